The van der Waals surface area contributed by atoms with Crippen molar-refractivity contribution in [2.45, 2.75) is 45.1 Å². The first-order valence-electron chi connectivity index (χ1n) is 8.65. The van der Waals surface area contributed by atoms with Crippen LogP contribution >= 0.6 is 0 Å². The fourth-order valence-electron chi connectivity index (χ4n) is 3.33. The molecule has 0 saturated carbocycles. The molecule has 7 heteroatoms. The summed E-state index contributed by atoms with van der Waals surface area (Å²) in [6.45, 7) is 5.91. The van der Waals surface area contributed by atoms with Crippen LogP contribution in [0.4, 0.5) is 5.95 Å². The van der Waals surface area contributed by atoms with E-state index in [1.807, 2.05) is 13.8 Å². The van der Waals surface area contributed by atoms with Crippen LogP contribution in [0.15, 0.2) is 12.3 Å². The summed E-state index contributed by atoms with van der Waals surface area (Å²) in [5, 5.41) is 9.06. The van der Waals surface area contributed by atoms with Crippen LogP contribution in [0.25, 0.3) is 0 Å². The number of hydrogen-bond donors (Lipinski definition) is 3. The van der Waals surface area contributed by atoms with Gasteiger partial charge in [0.15, 0.2) is 0 Å². The van der Waals surface area contributed by atoms with Crippen molar-refractivity contribution in [3.05, 3.63) is 18.0 Å². The molecule has 2 rings (SSSR count). The van der Waals surface area contributed by atoms with Gasteiger partial charge < -0.3 is 21.5 Å². The van der Waals surface area contributed by atoms with E-state index in [1.54, 1.807) is 12.3 Å². The Morgan fingerprint density at radius 3 is 2.67 bits per heavy atom. The van der Waals surface area contributed by atoms with Gasteiger partial charge in [-0.15, -0.1) is 0 Å². The highest BCUT2D eigenvalue weighted by atomic mass is 16.3. The first-order chi connectivity index (χ1) is 11.4. The van der Waals surface area contributed by atoms with Crippen molar-refractivity contribution in [1.82, 2.24) is 9.97 Å². The van der Waals surface area contributed by atoms with Crippen LogP contribution in [0, 0.1) is 11.8 Å². The minimum atomic E-state index is -1.28. The van der Waals surface area contributed by atoms with E-state index in [0.29, 0.717) is 24.0 Å². The van der Waals surface area contributed by atoms with Gasteiger partial charge in [0, 0.05) is 25.9 Å². The number of primary amides is 1. The highest BCUT2D eigenvalue weighted by Crippen LogP contribution is 2.27. The smallest absolute Gasteiger partial charge is 0.243 e. The molecule has 2 heterocycles. The van der Waals surface area contributed by atoms with Crippen molar-refractivity contribution < 1.29 is 9.90 Å². The molecule has 5 N–H and O–H groups in total. The number of nitrogens with two attached hydrogens (primary N) is 2. The monoisotopic (exact) mass is 335 g/mol. The number of amides is 1. The number of piperidine rings is 1. The molecule has 0 spiro atoms. The summed E-state index contributed by atoms with van der Waals surface area (Å²) < 4.78 is 0. The van der Waals surface area contributed by atoms with E-state index in [4.69, 9.17) is 16.6 Å². The Morgan fingerprint density at radius 1 is 1.46 bits per heavy atom. The molecule has 0 aliphatic carbocycles. The molecule has 1 aromatic heterocycles. The van der Waals surface area contributed by atoms with Crippen molar-refractivity contribution >= 4 is 11.9 Å². The van der Waals surface area contributed by atoms with E-state index < -0.39 is 11.4 Å². The number of aliphatic hydroxyl groups excluding tert-OH is 1. The lowest BCUT2D eigenvalue weighted by Gasteiger charge is -2.33. The van der Waals surface area contributed by atoms with Gasteiger partial charge in [-0.3, -0.25) is 4.79 Å². The Labute approximate surface area is 143 Å². The fourth-order valence-corrected chi connectivity index (χ4v) is 3.33. The summed E-state index contributed by atoms with van der Waals surface area (Å²) >= 11 is 0. The molecule has 1 amide bonds. The minimum absolute atomic E-state index is 0.218. The predicted octanol–water partition coefficient (Wildman–Crippen LogP) is 0.761. The molecule has 7 nitrogen and oxygen atoms in total. The number of nitrogens with zero attached hydrogens (tertiary/aromatic N) is 3. The Kier molecular flexibility index (Phi) is 6.12. The number of aliphatic hydroxyl groups is 1. The van der Waals surface area contributed by atoms with E-state index in [0.717, 1.165) is 32.4 Å². The van der Waals surface area contributed by atoms with Gasteiger partial charge >= 0.3 is 0 Å². The Balaban J connectivity index is 2.18. The molecule has 0 aromatic carbocycles. The van der Waals surface area contributed by atoms with Gasteiger partial charge in [0.1, 0.15) is 5.54 Å². The standard InChI is InChI=1S/C17H29N5O2/c1-12(2)11-17(19,15(18)24)14-3-7-20-16(21-14)22-8-4-13(5-9-22)6-10-23/h3,7,12-13,23H,4-6,8-11,19H2,1-2H3,(H2,18,24)/t17-/m1/s1. The van der Waals surface area contributed by atoms with Crippen molar-refractivity contribution in [3.63, 3.8) is 0 Å². The predicted molar refractivity (Wildman–Crippen MR) is 93.2 cm³/mol. The maximum absolute atomic E-state index is 12.0. The largest absolute Gasteiger partial charge is 0.396 e. The molecule has 1 aromatic rings. The average Bonchev–Trinajstić information content (AvgIpc) is 2.55. The van der Waals surface area contributed by atoms with E-state index in [1.165, 1.54) is 0 Å². The lowest BCUT2D eigenvalue weighted by atomic mass is 9.86. The second kappa shape index (κ2) is 7.90. The van der Waals surface area contributed by atoms with Crippen LogP contribution in [-0.4, -0.2) is 40.7 Å². The molecular formula is C17H29N5O2. The van der Waals surface area contributed by atoms with Gasteiger partial charge in [-0.05, 0) is 43.6 Å². The van der Waals surface area contributed by atoms with Gasteiger partial charge in [0.25, 0.3) is 0 Å². The van der Waals surface area contributed by atoms with E-state index in [-0.39, 0.29) is 12.5 Å². The molecule has 1 aliphatic rings. The maximum atomic E-state index is 12.0. The van der Waals surface area contributed by atoms with E-state index in [9.17, 15) is 4.79 Å². The summed E-state index contributed by atoms with van der Waals surface area (Å²) in [4.78, 5) is 23.0. The average molecular weight is 335 g/mol. The van der Waals surface area contributed by atoms with Crippen LogP contribution in [0.1, 0.15) is 45.2 Å². The van der Waals surface area contributed by atoms with Crippen LogP contribution in [0.5, 0.6) is 0 Å². The molecular weight excluding hydrogens is 306 g/mol. The van der Waals surface area contributed by atoms with Crippen LogP contribution < -0.4 is 16.4 Å². The Morgan fingerprint density at radius 2 is 2.12 bits per heavy atom. The van der Waals surface area contributed by atoms with Crippen molar-refractivity contribution in [3.8, 4) is 0 Å². The summed E-state index contributed by atoms with van der Waals surface area (Å²) in [6, 6.07) is 1.68. The lowest BCUT2D eigenvalue weighted by molar-refractivity contribution is -0.124. The minimum Gasteiger partial charge on any atom is -0.396 e. The summed E-state index contributed by atoms with van der Waals surface area (Å²) in [6.07, 6.45) is 4.93. The lowest BCUT2D eigenvalue weighted by Crippen LogP contribution is -2.50. The highest BCUT2D eigenvalue weighted by Gasteiger charge is 2.37. The Hall–Kier alpha value is -1.73. The molecule has 134 valence electrons. The number of hydrogen-bond acceptors (Lipinski definition) is 6. The number of aromatic nitrogens is 2. The van der Waals surface area contributed by atoms with Crippen molar-refractivity contribution in [2.24, 2.45) is 23.3 Å². The maximum Gasteiger partial charge on any atom is 0.243 e. The van der Waals surface area contributed by atoms with Crippen molar-refractivity contribution in [2.75, 3.05) is 24.6 Å². The van der Waals surface area contributed by atoms with E-state index >= 15 is 0 Å². The number of carbonyl (C=O) groups excluding carboxylic acids is 1. The second-order valence-corrected chi connectivity index (χ2v) is 7.12. The van der Waals surface area contributed by atoms with Gasteiger partial charge in [0.05, 0.1) is 5.69 Å². The van der Waals surface area contributed by atoms with Gasteiger partial charge in [-0.25, -0.2) is 9.97 Å². The topological polar surface area (TPSA) is 118 Å². The molecule has 1 saturated heterocycles. The van der Waals surface area contributed by atoms with Gasteiger partial charge in [-0.1, -0.05) is 13.8 Å². The zero-order valence-electron chi connectivity index (χ0n) is 14.6. The van der Waals surface area contributed by atoms with Crippen molar-refractivity contribution in [1.29, 1.82) is 0 Å². The zero-order valence-corrected chi connectivity index (χ0v) is 14.6. The van der Waals surface area contributed by atoms with Gasteiger partial charge in [-0.2, -0.15) is 0 Å². The first-order valence-corrected chi connectivity index (χ1v) is 8.65. The number of anilines is 1. The quantitative estimate of drug-likeness (QED) is 0.677. The van der Waals surface area contributed by atoms with E-state index in [2.05, 4.69) is 14.9 Å². The molecule has 0 unspecified atom stereocenters. The molecule has 1 atom stereocenters. The fraction of sp³-hybridized carbons (Fsp3) is 0.706. The first kappa shape index (κ1) is 18.6. The molecule has 0 radical (unpaired) electrons. The Bertz CT molecular complexity index is 558. The molecule has 1 aliphatic heterocycles. The SMILES string of the molecule is CC(C)C[C@](N)(C(N)=O)c1ccnc(N2CCC(CCO)CC2)n1. The third kappa shape index (κ3) is 4.21. The summed E-state index contributed by atoms with van der Waals surface area (Å²) in [5.41, 5.74) is 11.1. The van der Waals surface area contributed by atoms with Gasteiger partial charge in [0.2, 0.25) is 11.9 Å². The van der Waals surface area contributed by atoms with Crippen LogP contribution in [0.3, 0.4) is 0 Å². The van der Waals surface area contributed by atoms with Crippen LogP contribution in [-0.2, 0) is 10.3 Å². The number of carbonyl (C=O) groups is 1. The third-order valence-electron chi connectivity index (χ3n) is 4.70. The second-order valence-electron chi connectivity index (χ2n) is 7.12. The molecule has 1 fully saturated rings. The third-order valence-corrected chi connectivity index (χ3v) is 4.70. The normalized spacial score (nSPS) is 18.6. The summed E-state index contributed by atoms with van der Waals surface area (Å²) in [7, 11) is 0. The highest BCUT2D eigenvalue weighted by molar-refractivity contribution is 5.85. The number of rotatable bonds is 7. The zero-order chi connectivity index (χ0) is 17.7. The summed E-state index contributed by atoms with van der Waals surface area (Å²) in [5.74, 6) is 0.794. The van der Waals surface area contributed by atoms with Crippen LogP contribution in [0.2, 0.25) is 0 Å². The molecule has 24 heavy (non-hydrogen) atoms. The molecule has 0 bridgehead atoms.